The fourth-order valence-electron chi connectivity index (χ4n) is 2.14. The van der Waals surface area contributed by atoms with E-state index in [-0.39, 0.29) is 42.2 Å². The van der Waals surface area contributed by atoms with E-state index >= 15 is 0 Å². The summed E-state index contributed by atoms with van der Waals surface area (Å²) in [5.41, 5.74) is 5.11. The van der Waals surface area contributed by atoms with Crippen LogP contribution in [-0.2, 0) is 9.59 Å². The second-order valence-electron chi connectivity index (χ2n) is 5.57. The van der Waals surface area contributed by atoms with E-state index in [0.717, 1.165) is 25.0 Å². The zero-order valence-corrected chi connectivity index (χ0v) is 14.2. The average molecular weight is 366 g/mol. The minimum Gasteiger partial charge on any atom is -0.481 e. The number of carbonyl (C=O) groups is 3. The molecule has 142 valence electrons. The van der Waals surface area contributed by atoms with Crippen molar-refractivity contribution < 1.29 is 24.4 Å². The Morgan fingerprint density at radius 1 is 1.12 bits per heavy atom. The van der Waals surface area contributed by atoms with Gasteiger partial charge in [0.2, 0.25) is 5.91 Å². The average Bonchev–Trinajstić information content (AvgIpc) is 2.58. The Hall–Kier alpha value is -3.01. The van der Waals surface area contributed by atoms with Crippen LogP contribution in [0.3, 0.4) is 0 Å². The van der Waals surface area contributed by atoms with Crippen LogP contribution in [0.15, 0.2) is 18.2 Å². The monoisotopic (exact) mass is 366 g/mol. The first kappa shape index (κ1) is 21.0. The summed E-state index contributed by atoms with van der Waals surface area (Å²) in [5.74, 6) is -2.06. The lowest BCUT2D eigenvalue weighted by atomic mass is 10.1. The molecule has 0 radical (unpaired) electrons. The first-order valence-corrected chi connectivity index (χ1v) is 8.13. The highest BCUT2D eigenvalue weighted by Gasteiger charge is 2.16. The Balaban J connectivity index is 2.80. The third-order valence-corrected chi connectivity index (χ3v) is 3.41. The minimum atomic E-state index is -1.08. The summed E-state index contributed by atoms with van der Waals surface area (Å²) in [6.07, 6.45) is 2.22. The predicted molar refractivity (Wildman–Crippen MR) is 93.8 cm³/mol. The van der Waals surface area contributed by atoms with Crippen LogP contribution < -0.4 is 16.4 Å². The highest BCUT2D eigenvalue weighted by atomic mass is 16.6. The minimum absolute atomic E-state index is 0.0389. The Bertz CT molecular complexity index is 677. The fraction of sp³-hybridized carbons (Fsp3) is 0.438. The van der Waals surface area contributed by atoms with Crippen molar-refractivity contribution in [1.29, 1.82) is 0 Å². The Kier molecular flexibility index (Phi) is 8.71. The summed E-state index contributed by atoms with van der Waals surface area (Å²) < 4.78 is 0. The molecule has 10 nitrogen and oxygen atoms in total. The van der Waals surface area contributed by atoms with Crippen molar-refractivity contribution in [3.63, 3.8) is 0 Å². The van der Waals surface area contributed by atoms with Crippen LogP contribution in [-0.4, -0.2) is 40.9 Å². The van der Waals surface area contributed by atoms with E-state index in [1.54, 1.807) is 0 Å². The normalized spacial score (nSPS) is 10.2. The summed E-state index contributed by atoms with van der Waals surface area (Å²) >= 11 is 0. The number of carboxylic acids is 1. The van der Waals surface area contributed by atoms with Crippen molar-refractivity contribution in [2.24, 2.45) is 5.73 Å². The van der Waals surface area contributed by atoms with Crippen molar-refractivity contribution in [2.75, 3.05) is 18.4 Å². The molecule has 0 saturated carbocycles. The van der Waals surface area contributed by atoms with Gasteiger partial charge >= 0.3 is 5.97 Å². The van der Waals surface area contributed by atoms with Gasteiger partial charge in [-0.3, -0.25) is 24.5 Å². The number of amides is 2. The van der Waals surface area contributed by atoms with Crippen molar-refractivity contribution >= 4 is 29.2 Å². The zero-order valence-electron chi connectivity index (χ0n) is 14.2. The van der Waals surface area contributed by atoms with Gasteiger partial charge in [0.15, 0.2) is 0 Å². The molecule has 5 N–H and O–H groups in total. The van der Waals surface area contributed by atoms with Crippen molar-refractivity contribution in [2.45, 2.75) is 32.1 Å². The molecule has 0 bridgehead atoms. The Morgan fingerprint density at radius 3 is 2.46 bits per heavy atom. The van der Waals surface area contributed by atoms with Gasteiger partial charge in [-0.2, -0.15) is 0 Å². The van der Waals surface area contributed by atoms with E-state index in [1.165, 1.54) is 6.07 Å². The van der Waals surface area contributed by atoms with Gasteiger partial charge in [-0.1, -0.05) is 6.42 Å². The van der Waals surface area contributed by atoms with Crippen LogP contribution in [0.4, 0.5) is 11.4 Å². The number of anilines is 1. The highest BCUT2D eigenvalue weighted by Crippen LogP contribution is 2.21. The molecule has 1 aromatic rings. The first-order valence-electron chi connectivity index (χ1n) is 8.13. The molecule has 0 spiro atoms. The summed E-state index contributed by atoms with van der Waals surface area (Å²) in [6, 6.07) is 3.53. The Morgan fingerprint density at radius 2 is 1.85 bits per heavy atom. The molecule has 1 aromatic carbocycles. The number of nitrogens with two attached hydrogens (primary N) is 1. The van der Waals surface area contributed by atoms with Gasteiger partial charge in [-0.15, -0.1) is 0 Å². The molecule has 0 fully saturated rings. The van der Waals surface area contributed by atoms with E-state index in [0.29, 0.717) is 13.0 Å². The molecule has 0 heterocycles. The molecule has 2 amide bonds. The molecule has 10 heteroatoms. The van der Waals surface area contributed by atoms with Crippen molar-refractivity contribution in [1.82, 2.24) is 5.32 Å². The number of carboxylic acid groups (broad SMARTS) is 1. The maximum atomic E-state index is 12.0. The largest absolute Gasteiger partial charge is 0.481 e. The standard InChI is InChI=1S/C16H22N4O6/c17-6-3-1-2-4-14(21)19-12-8-11(9-13(10-12)20(25)26)16(24)18-7-5-15(22)23/h8-10H,1-7,17H2,(H,18,24)(H,19,21)(H,22,23). The number of rotatable bonds is 11. The second kappa shape index (κ2) is 10.8. The van der Waals surface area contributed by atoms with Crippen LogP contribution in [0.2, 0.25) is 0 Å². The van der Waals surface area contributed by atoms with Crippen LogP contribution in [0.1, 0.15) is 42.5 Å². The summed E-state index contributed by atoms with van der Waals surface area (Å²) in [7, 11) is 0. The molecule has 1 rings (SSSR count). The molecular formula is C16H22N4O6. The van der Waals surface area contributed by atoms with E-state index in [9.17, 15) is 24.5 Å². The molecule has 26 heavy (non-hydrogen) atoms. The van der Waals surface area contributed by atoms with Crippen molar-refractivity contribution in [3.05, 3.63) is 33.9 Å². The number of nitro benzene ring substituents is 1. The predicted octanol–water partition coefficient (Wildman–Crippen LogP) is 1.26. The van der Waals surface area contributed by atoms with Gasteiger partial charge in [0.05, 0.1) is 11.3 Å². The quantitative estimate of drug-likeness (QED) is 0.260. The molecule has 0 atom stereocenters. The topological polar surface area (TPSA) is 165 Å². The summed E-state index contributed by atoms with van der Waals surface area (Å²) in [5, 5.41) is 24.5. The van der Waals surface area contributed by atoms with Gasteiger partial charge in [0.25, 0.3) is 11.6 Å². The maximum Gasteiger partial charge on any atom is 0.305 e. The number of hydrogen-bond donors (Lipinski definition) is 4. The summed E-state index contributed by atoms with van der Waals surface area (Å²) in [6.45, 7) is 0.437. The number of unbranched alkanes of at least 4 members (excludes halogenated alkanes) is 2. The number of aliphatic carboxylic acids is 1. The molecular weight excluding hydrogens is 344 g/mol. The SMILES string of the molecule is NCCCCCC(=O)Nc1cc(C(=O)NCCC(=O)O)cc([N+](=O)[O-])c1. The van der Waals surface area contributed by atoms with E-state index in [1.807, 2.05) is 0 Å². The molecule has 0 aliphatic carbocycles. The van der Waals surface area contributed by atoms with Crippen LogP contribution in [0.5, 0.6) is 0 Å². The van der Waals surface area contributed by atoms with E-state index in [4.69, 9.17) is 10.8 Å². The van der Waals surface area contributed by atoms with Crippen LogP contribution in [0, 0.1) is 10.1 Å². The molecule has 0 aliphatic heterocycles. The molecule has 0 aliphatic rings. The maximum absolute atomic E-state index is 12.0. The van der Waals surface area contributed by atoms with Gasteiger partial charge in [0, 0.05) is 36.3 Å². The van der Waals surface area contributed by atoms with Crippen LogP contribution in [0.25, 0.3) is 0 Å². The number of hydrogen-bond acceptors (Lipinski definition) is 6. The van der Waals surface area contributed by atoms with Gasteiger partial charge in [0.1, 0.15) is 0 Å². The second-order valence-corrected chi connectivity index (χ2v) is 5.57. The third kappa shape index (κ3) is 7.71. The summed E-state index contributed by atoms with van der Waals surface area (Å²) in [4.78, 5) is 44.8. The van der Waals surface area contributed by atoms with Gasteiger partial charge in [-0.05, 0) is 25.5 Å². The fourth-order valence-corrected chi connectivity index (χ4v) is 2.14. The zero-order chi connectivity index (χ0) is 19.5. The number of non-ortho nitro benzene ring substituents is 1. The molecule has 0 saturated heterocycles. The van der Waals surface area contributed by atoms with Crippen LogP contribution >= 0.6 is 0 Å². The smallest absolute Gasteiger partial charge is 0.305 e. The number of nitro groups is 1. The highest BCUT2D eigenvalue weighted by molar-refractivity contribution is 5.98. The van der Waals surface area contributed by atoms with Gasteiger partial charge in [-0.25, -0.2) is 0 Å². The van der Waals surface area contributed by atoms with Gasteiger partial charge < -0.3 is 21.5 Å². The lowest BCUT2D eigenvalue weighted by Gasteiger charge is -2.08. The third-order valence-electron chi connectivity index (χ3n) is 3.41. The number of carbonyl (C=O) groups excluding carboxylic acids is 2. The lowest BCUT2D eigenvalue weighted by Crippen LogP contribution is -2.26. The molecule has 0 unspecified atom stereocenters. The number of nitrogens with zero attached hydrogens (tertiary/aromatic N) is 1. The number of benzene rings is 1. The molecule has 0 aromatic heterocycles. The first-order chi connectivity index (χ1) is 12.3. The van der Waals surface area contributed by atoms with E-state index < -0.39 is 16.8 Å². The lowest BCUT2D eigenvalue weighted by molar-refractivity contribution is -0.384. The number of nitrogens with one attached hydrogen (secondary N) is 2. The van der Waals surface area contributed by atoms with E-state index in [2.05, 4.69) is 10.6 Å². The Labute approximate surface area is 149 Å². The van der Waals surface area contributed by atoms with Crippen molar-refractivity contribution in [3.8, 4) is 0 Å².